The first-order valence-electron chi connectivity index (χ1n) is 7.53. The number of nitrogens with one attached hydrogen (secondary N) is 2. The molecule has 2 saturated heterocycles. The molecule has 5 unspecified atom stereocenters. The molecule has 0 saturated carbocycles. The summed E-state index contributed by atoms with van der Waals surface area (Å²) in [5, 5.41) is 0. The van der Waals surface area contributed by atoms with Crippen molar-refractivity contribution < 1.29 is 9.80 Å². The van der Waals surface area contributed by atoms with Crippen LogP contribution in [0, 0.1) is 17.8 Å². The van der Waals surface area contributed by atoms with Crippen molar-refractivity contribution in [2.75, 3.05) is 26.2 Å². The predicted molar refractivity (Wildman–Crippen MR) is 70.0 cm³/mol. The Labute approximate surface area is 106 Å². The summed E-state index contributed by atoms with van der Waals surface area (Å²) in [6.07, 6.45) is 6.26. The number of hydrogen-bond acceptors (Lipinski definition) is 0. The van der Waals surface area contributed by atoms with Gasteiger partial charge in [0.15, 0.2) is 0 Å². The second kappa shape index (κ2) is 4.40. The van der Waals surface area contributed by atoms with E-state index in [1.54, 1.807) is 5.57 Å². The van der Waals surface area contributed by atoms with Crippen LogP contribution in [0.5, 0.6) is 0 Å². The number of quaternary nitrogens is 2. The lowest BCUT2D eigenvalue weighted by Crippen LogP contribution is -3.32. The summed E-state index contributed by atoms with van der Waals surface area (Å²) in [5.41, 5.74) is 1.62. The maximum Gasteiger partial charge on any atom is 0.217 e. The second-order valence-corrected chi connectivity index (χ2v) is 6.78. The summed E-state index contributed by atoms with van der Waals surface area (Å²) in [6, 6.07) is 0. The molecule has 3 aliphatic rings. The highest BCUT2D eigenvalue weighted by Crippen LogP contribution is 2.34. The Morgan fingerprint density at radius 2 is 1.71 bits per heavy atom. The van der Waals surface area contributed by atoms with Gasteiger partial charge in [0.1, 0.15) is 13.1 Å². The molecule has 0 aromatic rings. The molecule has 1 aliphatic carbocycles. The quantitative estimate of drug-likeness (QED) is 0.581. The van der Waals surface area contributed by atoms with Crippen LogP contribution in [0.3, 0.4) is 0 Å². The smallest absolute Gasteiger partial charge is 0.217 e. The molecular formula is C15H28N2+2. The van der Waals surface area contributed by atoms with Crippen molar-refractivity contribution in [3.05, 3.63) is 11.6 Å². The fourth-order valence-corrected chi connectivity index (χ4v) is 4.99. The van der Waals surface area contributed by atoms with Crippen LogP contribution in [0.1, 0.15) is 33.6 Å². The maximum atomic E-state index is 2.56. The number of hydrogen-bond donors (Lipinski definition) is 2. The molecule has 0 amide bonds. The third-order valence-electron chi connectivity index (χ3n) is 5.48. The largest absolute Gasteiger partial charge is 0.281 e. The van der Waals surface area contributed by atoms with Gasteiger partial charge in [-0.2, -0.15) is 0 Å². The minimum Gasteiger partial charge on any atom is -0.281 e. The maximum absolute atomic E-state index is 2.56. The van der Waals surface area contributed by atoms with E-state index in [9.17, 15) is 0 Å². The van der Waals surface area contributed by atoms with Gasteiger partial charge in [-0.15, -0.1) is 0 Å². The molecule has 2 fully saturated rings. The monoisotopic (exact) mass is 236 g/mol. The third-order valence-corrected chi connectivity index (χ3v) is 5.48. The van der Waals surface area contributed by atoms with E-state index in [0.717, 1.165) is 23.9 Å². The Morgan fingerprint density at radius 3 is 2.29 bits per heavy atom. The summed E-state index contributed by atoms with van der Waals surface area (Å²) in [7, 11) is 0. The van der Waals surface area contributed by atoms with E-state index in [1.165, 1.54) is 39.0 Å². The molecule has 2 N–H and O–H groups in total. The third kappa shape index (κ3) is 1.96. The van der Waals surface area contributed by atoms with Gasteiger partial charge in [-0.25, -0.2) is 0 Å². The molecule has 0 spiro atoms. The Morgan fingerprint density at radius 1 is 1.06 bits per heavy atom. The number of fused-ring (bicyclic) bond motifs is 2. The number of allylic oxidation sites excluding steroid dienone is 2. The molecular weight excluding hydrogens is 208 g/mol. The van der Waals surface area contributed by atoms with Gasteiger partial charge < -0.3 is 0 Å². The Balaban J connectivity index is 1.84. The molecule has 2 bridgehead atoms. The van der Waals surface area contributed by atoms with Crippen molar-refractivity contribution in [1.82, 2.24) is 0 Å². The first-order valence-corrected chi connectivity index (χ1v) is 7.53. The van der Waals surface area contributed by atoms with E-state index in [1.807, 2.05) is 9.80 Å². The van der Waals surface area contributed by atoms with Crippen LogP contribution in [0.15, 0.2) is 11.6 Å². The van der Waals surface area contributed by atoms with Gasteiger partial charge in [-0.3, -0.25) is 9.80 Å². The molecule has 2 heteroatoms. The van der Waals surface area contributed by atoms with Crippen molar-refractivity contribution in [2.45, 2.75) is 39.8 Å². The Kier molecular flexibility index (Phi) is 3.04. The van der Waals surface area contributed by atoms with E-state index < -0.39 is 0 Å². The van der Waals surface area contributed by atoms with E-state index in [4.69, 9.17) is 0 Å². The molecule has 0 aromatic heterocycles. The van der Waals surface area contributed by atoms with Gasteiger partial charge in [0.25, 0.3) is 0 Å². The fraction of sp³-hybridized carbons (Fsp3) is 0.867. The lowest BCUT2D eigenvalue weighted by atomic mass is 9.72. The van der Waals surface area contributed by atoms with E-state index >= 15 is 0 Å². The molecule has 0 radical (unpaired) electrons. The SMILES string of the molecule is CC1=CC(C)C(C2[NH+]3CCC[NH+]2CC3)C(C)C1. The predicted octanol–water partition coefficient (Wildman–Crippen LogP) is -0.262. The Hall–Kier alpha value is -0.340. The minimum absolute atomic E-state index is 0.796. The topological polar surface area (TPSA) is 8.88 Å². The van der Waals surface area contributed by atoms with Gasteiger partial charge in [0, 0.05) is 6.42 Å². The van der Waals surface area contributed by atoms with Gasteiger partial charge in [0.2, 0.25) is 6.17 Å². The Bertz CT molecular complexity index is 307. The van der Waals surface area contributed by atoms with Gasteiger partial charge in [0.05, 0.1) is 19.0 Å². The van der Waals surface area contributed by atoms with Crippen LogP contribution in [0.2, 0.25) is 0 Å². The molecule has 17 heavy (non-hydrogen) atoms. The molecule has 3 rings (SSSR count). The standard InChI is InChI=1S/C15H26N2/c1-11-9-12(2)14(13(3)10-11)15-16-5-4-6-17(15)8-7-16/h9,12-15H,4-8,10H2,1-3H3/p+2. The molecule has 5 atom stereocenters. The zero-order chi connectivity index (χ0) is 12.0. The molecule has 0 aromatic carbocycles. The molecule has 96 valence electrons. The van der Waals surface area contributed by atoms with Crippen LogP contribution in [0.25, 0.3) is 0 Å². The highest BCUT2D eigenvalue weighted by molar-refractivity contribution is 5.08. The molecule has 2 aliphatic heterocycles. The van der Waals surface area contributed by atoms with E-state index in [-0.39, 0.29) is 0 Å². The van der Waals surface area contributed by atoms with Crippen molar-refractivity contribution in [1.29, 1.82) is 0 Å². The van der Waals surface area contributed by atoms with Crippen molar-refractivity contribution in [3.8, 4) is 0 Å². The van der Waals surface area contributed by atoms with Crippen molar-refractivity contribution in [3.63, 3.8) is 0 Å². The lowest BCUT2D eigenvalue weighted by Gasteiger charge is -2.41. The van der Waals surface area contributed by atoms with Gasteiger partial charge in [-0.05, 0) is 25.2 Å². The second-order valence-electron chi connectivity index (χ2n) is 6.78. The average Bonchev–Trinajstić information content (AvgIpc) is 2.50. The van der Waals surface area contributed by atoms with E-state index in [0.29, 0.717) is 0 Å². The van der Waals surface area contributed by atoms with Crippen LogP contribution in [-0.4, -0.2) is 32.3 Å². The summed E-state index contributed by atoms with van der Waals surface area (Å²) in [5.74, 6) is 2.61. The first kappa shape index (κ1) is 11.7. The summed E-state index contributed by atoms with van der Waals surface area (Å²) in [6.45, 7) is 13.0. The van der Waals surface area contributed by atoms with Crippen LogP contribution >= 0.6 is 0 Å². The zero-order valence-corrected chi connectivity index (χ0v) is 11.6. The van der Waals surface area contributed by atoms with Gasteiger partial charge >= 0.3 is 0 Å². The van der Waals surface area contributed by atoms with Gasteiger partial charge in [-0.1, -0.05) is 25.5 Å². The summed E-state index contributed by atoms with van der Waals surface area (Å²) >= 11 is 0. The highest BCUT2D eigenvalue weighted by Gasteiger charge is 2.50. The van der Waals surface area contributed by atoms with Crippen molar-refractivity contribution >= 4 is 0 Å². The normalized spacial score (nSPS) is 50.2. The fourth-order valence-electron chi connectivity index (χ4n) is 4.99. The van der Waals surface area contributed by atoms with Crippen LogP contribution in [-0.2, 0) is 0 Å². The number of rotatable bonds is 1. The molecule has 2 nitrogen and oxygen atoms in total. The van der Waals surface area contributed by atoms with E-state index in [2.05, 4.69) is 26.8 Å². The summed E-state index contributed by atoms with van der Waals surface area (Å²) < 4.78 is 0. The van der Waals surface area contributed by atoms with Crippen LogP contribution < -0.4 is 9.80 Å². The minimum atomic E-state index is 0.796. The zero-order valence-electron chi connectivity index (χ0n) is 11.6. The van der Waals surface area contributed by atoms with Crippen LogP contribution in [0.4, 0.5) is 0 Å². The molecule has 2 heterocycles. The first-order chi connectivity index (χ1) is 8.16. The van der Waals surface area contributed by atoms with Crippen molar-refractivity contribution in [2.24, 2.45) is 17.8 Å². The highest BCUT2D eigenvalue weighted by atomic mass is 15.4. The summed E-state index contributed by atoms with van der Waals surface area (Å²) in [4.78, 5) is 3.84. The average molecular weight is 236 g/mol. The lowest BCUT2D eigenvalue weighted by molar-refractivity contribution is -1.09.